The van der Waals surface area contributed by atoms with Crippen molar-refractivity contribution in [2.75, 3.05) is 37.5 Å². The molecule has 0 radical (unpaired) electrons. The second-order valence-corrected chi connectivity index (χ2v) is 10.1. The standard InChI is InChI=1S/C33H33N3O8/c34-26-6-2-3-7-27(26)36-32(39)22-11-9-21(10-12-22)19-35-33(40)29-17-23(18-30(44-29)42-16-15-41-14-13-37)25-20-43-28-8-4-1-5-24(28)31(25)38/h1-12,17,20,23,30,37H,13-16,18-19,34H2,(H,35,40)(H,36,39)/t23-,30+/m0/s1. The number of nitrogen functional groups attached to an aromatic ring is 1. The topological polar surface area (TPSA) is 162 Å². The molecule has 0 bridgehead atoms. The van der Waals surface area contributed by atoms with Crippen LogP contribution in [0.2, 0.25) is 0 Å². The molecule has 0 saturated carbocycles. The number of amides is 2. The first kappa shape index (κ1) is 30.5. The van der Waals surface area contributed by atoms with Crippen LogP contribution in [0.5, 0.6) is 0 Å². The largest absolute Gasteiger partial charge is 0.464 e. The van der Waals surface area contributed by atoms with Crippen molar-refractivity contribution >= 4 is 34.2 Å². The Bertz CT molecular complexity index is 1700. The number of carbonyl (C=O) groups is 2. The van der Waals surface area contributed by atoms with Gasteiger partial charge in [-0.2, -0.15) is 0 Å². The molecule has 0 aliphatic carbocycles. The normalized spacial score (nSPS) is 16.2. The van der Waals surface area contributed by atoms with Crippen LogP contribution >= 0.6 is 0 Å². The van der Waals surface area contributed by atoms with Gasteiger partial charge < -0.3 is 40.1 Å². The predicted octanol–water partition coefficient (Wildman–Crippen LogP) is 3.68. The highest BCUT2D eigenvalue weighted by Gasteiger charge is 2.30. The van der Waals surface area contributed by atoms with Crippen LogP contribution in [0, 0.1) is 0 Å². The SMILES string of the molecule is Nc1ccccc1NC(=O)c1ccc(CNC(=O)C2=C[C@H](c3coc4ccccc4c3=O)C[C@H](OCCOCCO)O2)cc1. The van der Waals surface area contributed by atoms with E-state index >= 15 is 0 Å². The van der Waals surface area contributed by atoms with Crippen molar-refractivity contribution in [3.8, 4) is 0 Å². The lowest BCUT2D eigenvalue weighted by molar-refractivity contribution is -0.151. The molecule has 228 valence electrons. The quantitative estimate of drug-likeness (QED) is 0.141. The molecule has 0 fully saturated rings. The fraction of sp³-hybridized carbons (Fsp3) is 0.242. The highest BCUT2D eigenvalue weighted by molar-refractivity contribution is 6.05. The molecule has 1 aromatic heterocycles. The Balaban J connectivity index is 1.27. The van der Waals surface area contributed by atoms with E-state index in [0.717, 1.165) is 5.56 Å². The molecule has 1 aliphatic rings. The molecule has 11 nitrogen and oxygen atoms in total. The lowest BCUT2D eigenvalue weighted by Crippen LogP contribution is -2.34. The Hall–Kier alpha value is -4.97. The van der Waals surface area contributed by atoms with E-state index in [1.54, 1.807) is 78.9 Å². The molecule has 0 spiro atoms. The zero-order chi connectivity index (χ0) is 30.9. The van der Waals surface area contributed by atoms with Crippen LogP contribution in [0.4, 0.5) is 11.4 Å². The van der Waals surface area contributed by atoms with Crippen LogP contribution < -0.4 is 21.8 Å². The van der Waals surface area contributed by atoms with E-state index in [1.165, 1.54) is 6.26 Å². The Morgan fingerprint density at radius 2 is 1.73 bits per heavy atom. The van der Waals surface area contributed by atoms with E-state index in [2.05, 4.69) is 10.6 Å². The number of fused-ring (bicyclic) bond motifs is 1. The molecule has 11 heteroatoms. The molecule has 2 heterocycles. The third kappa shape index (κ3) is 7.51. The van der Waals surface area contributed by atoms with Crippen molar-refractivity contribution in [2.45, 2.75) is 25.2 Å². The number of carbonyl (C=O) groups excluding carboxylic acids is 2. The number of rotatable bonds is 12. The Morgan fingerprint density at radius 3 is 2.52 bits per heavy atom. The maximum atomic E-state index is 13.3. The summed E-state index contributed by atoms with van der Waals surface area (Å²) in [4.78, 5) is 39.2. The van der Waals surface area contributed by atoms with Crippen molar-refractivity contribution in [1.82, 2.24) is 5.32 Å². The smallest absolute Gasteiger partial charge is 0.286 e. The summed E-state index contributed by atoms with van der Waals surface area (Å²) in [7, 11) is 0. The molecular weight excluding hydrogens is 566 g/mol. The molecular formula is C33H33N3O8. The summed E-state index contributed by atoms with van der Waals surface area (Å²) in [5.41, 5.74) is 8.74. The maximum absolute atomic E-state index is 13.3. The predicted molar refractivity (Wildman–Crippen MR) is 164 cm³/mol. The number of ether oxygens (including phenoxy) is 3. The second kappa shape index (κ2) is 14.5. The number of aliphatic hydroxyl groups is 1. The molecule has 5 rings (SSSR count). The summed E-state index contributed by atoms with van der Waals surface area (Å²) in [6, 6.07) is 20.7. The average molecular weight is 600 g/mol. The Labute approximate surface area is 253 Å². The first-order valence-electron chi connectivity index (χ1n) is 14.1. The monoisotopic (exact) mass is 599 g/mol. The van der Waals surface area contributed by atoms with E-state index in [0.29, 0.717) is 33.5 Å². The summed E-state index contributed by atoms with van der Waals surface area (Å²) in [5, 5.41) is 15.0. The molecule has 0 saturated heterocycles. The lowest BCUT2D eigenvalue weighted by atomic mass is 9.93. The van der Waals surface area contributed by atoms with Crippen LogP contribution in [-0.2, 0) is 25.5 Å². The van der Waals surface area contributed by atoms with Gasteiger partial charge >= 0.3 is 0 Å². The number of anilines is 2. The van der Waals surface area contributed by atoms with E-state index in [9.17, 15) is 14.4 Å². The Kier molecular flexibility index (Phi) is 10.0. The fourth-order valence-electron chi connectivity index (χ4n) is 4.74. The van der Waals surface area contributed by atoms with Crippen molar-refractivity contribution in [3.63, 3.8) is 0 Å². The van der Waals surface area contributed by atoms with Gasteiger partial charge in [0.2, 0.25) is 6.29 Å². The van der Waals surface area contributed by atoms with Gasteiger partial charge in [-0.3, -0.25) is 14.4 Å². The third-order valence-corrected chi connectivity index (χ3v) is 7.03. The van der Waals surface area contributed by atoms with Gasteiger partial charge in [0, 0.05) is 30.0 Å². The summed E-state index contributed by atoms with van der Waals surface area (Å²) in [5.74, 6) is -1.31. The molecule has 3 aromatic carbocycles. The van der Waals surface area contributed by atoms with E-state index in [-0.39, 0.29) is 56.5 Å². The number of hydrogen-bond donors (Lipinski definition) is 4. The number of hydrogen-bond acceptors (Lipinski definition) is 9. The zero-order valence-electron chi connectivity index (χ0n) is 23.9. The minimum Gasteiger partial charge on any atom is -0.464 e. The molecule has 1 aliphatic heterocycles. The van der Waals surface area contributed by atoms with E-state index in [4.69, 9.17) is 29.5 Å². The molecule has 5 N–H and O–H groups in total. The molecule has 44 heavy (non-hydrogen) atoms. The first-order valence-corrected chi connectivity index (χ1v) is 14.1. The van der Waals surface area contributed by atoms with Gasteiger partial charge in [0.05, 0.1) is 49.5 Å². The number of benzene rings is 3. The molecule has 2 atom stereocenters. The number of para-hydroxylation sites is 3. The molecule has 2 amide bonds. The van der Waals surface area contributed by atoms with Crippen LogP contribution in [0.1, 0.15) is 33.8 Å². The lowest BCUT2D eigenvalue weighted by Gasteiger charge is -2.29. The van der Waals surface area contributed by atoms with Gasteiger partial charge in [-0.05, 0) is 48.0 Å². The number of allylic oxidation sites excluding steroid dienone is 1. The molecule has 0 unspecified atom stereocenters. The van der Waals surface area contributed by atoms with Gasteiger partial charge in [0.25, 0.3) is 11.8 Å². The summed E-state index contributed by atoms with van der Waals surface area (Å²) in [6.45, 7) is 0.620. The number of aliphatic hydroxyl groups excluding tert-OH is 1. The van der Waals surface area contributed by atoms with Crippen molar-refractivity contribution in [3.05, 3.63) is 118 Å². The first-order chi connectivity index (χ1) is 21.4. The van der Waals surface area contributed by atoms with Crippen LogP contribution in [0.15, 0.2) is 100 Å². The van der Waals surface area contributed by atoms with E-state index in [1.807, 2.05) is 0 Å². The van der Waals surface area contributed by atoms with Crippen LogP contribution in [0.3, 0.4) is 0 Å². The van der Waals surface area contributed by atoms with Gasteiger partial charge in [0.1, 0.15) is 5.58 Å². The number of nitrogens with two attached hydrogens (primary N) is 1. The van der Waals surface area contributed by atoms with Gasteiger partial charge in [-0.1, -0.05) is 36.4 Å². The van der Waals surface area contributed by atoms with Crippen LogP contribution in [-0.4, -0.2) is 49.6 Å². The summed E-state index contributed by atoms with van der Waals surface area (Å²) in [6.07, 6.45) is 2.46. The van der Waals surface area contributed by atoms with Gasteiger partial charge in [0.15, 0.2) is 11.2 Å². The van der Waals surface area contributed by atoms with E-state index < -0.39 is 18.1 Å². The summed E-state index contributed by atoms with van der Waals surface area (Å²) < 4.78 is 22.6. The minimum atomic E-state index is -0.828. The Morgan fingerprint density at radius 1 is 0.955 bits per heavy atom. The minimum absolute atomic E-state index is 0.00605. The van der Waals surface area contributed by atoms with Gasteiger partial charge in [-0.15, -0.1) is 0 Å². The molecule has 4 aromatic rings. The van der Waals surface area contributed by atoms with Crippen LogP contribution in [0.25, 0.3) is 11.0 Å². The van der Waals surface area contributed by atoms with Crippen molar-refractivity contribution in [2.24, 2.45) is 0 Å². The number of nitrogens with one attached hydrogen (secondary N) is 2. The highest BCUT2D eigenvalue weighted by atomic mass is 16.7. The van der Waals surface area contributed by atoms with Crippen molar-refractivity contribution < 1.29 is 33.3 Å². The average Bonchev–Trinajstić information content (AvgIpc) is 3.05. The summed E-state index contributed by atoms with van der Waals surface area (Å²) >= 11 is 0. The fourth-order valence-corrected chi connectivity index (χ4v) is 4.74. The highest BCUT2D eigenvalue weighted by Crippen LogP contribution is 2.31. The second-order valence-electron chi connectivity index (χ2n) is 10.1. The van der Waals surface area contributed by atoms with Gasteiger partial charge in [-0.25, -0.2) is 0 Å². The zero-order valence-corrected chi connectivity index (χ0v) is 23.9. The van der Waals surface area contributed by atoms with Crippen molar-refractivity contribution in [1.29, 1.82) is 0 Å². The maximum Gasteiger partial charge on any atom is 0.286 e. The third-order valence-electron chi connectivity index (χ3n) is 7.03.